The van der Waals surface area contributed by atoms with Crippen molar-refractivity contribution in [3.05, 3.63) is 46.4 Å². The van der Waals surface area contributed by atoms with Crippen LogP contribution in [0.25, 0.3) is 0 Å². The summed E-state index contributed by atoms with van der Waals surface area (Å²) < 4.78 is 19.3. The molecule has 5 nitrogen and oxygen atoms in total. The summed E-state index contributed by atoms with van der Waals surface area (Å²) in [5.74, 6) is -0.751. The van der Waals surface area contributed by atoms with Crippen LogP contribution in [0, 0.1) is 11.2 Å². The van der Waals surface area contributed by atoms with Crippen molar-refractivity contribution in [2.45, 2.75) is 0 Å². The first-order valence-corrected chi connectivity index (χ1v) is 5.66. The van der Waals surface area contributed by atoms with E-state index < -0.39 is 5.82 Å². The maximum Gasteiger partial charge on any atom is 0.322 e. The summed E-state index contributed by atoms with van der Waals surface area (Å²) in [4.78, 5) is 7.69. The van der Waals surface area contributed by atoms with Gasteiger partial charge in [0, 0.05) is 10.7 Å². The van der Waals surface area contributed by atoms with Gasteiger partial charge in [-0.1, -0.05) is 15.9 Å². The summed E-state index contributed by atoms with van der Waals surface area (Å²) in [6, 6.07) is 5.75. The van der Waals surface area contributed by atoms with Gasteiger partial charge in [-0.15, -0.1) is 0 Å². The molecule has 7 heteroatoms. The normalized spacial score (nSPS) is 10.1. The third-order valence-corrected chi connectivity index (χ3v) is 2.50. The number of halogens is 2. The molecule has 2 rings (SSSR count). The van der Waals surface area contributed by atoms with Crippen molar-refractivity contribution < 1.29 is 9.13 Å². The fraction of sp³-hybridized carbons (Fsp3) is 0. The van der Waals surface area contributed by atoms with Crippen LogP contribution < -0.4 is 10.5 Å². The molecule has 0 aliphatic rings. The van der Waals surface area contributed by atoms with Crippen molar-refractivity contribution in [2.75, 3.05) is 0 Å². The zero-order valence-electron chi connectivity index (χ0n) is 9.02. The maximum absolute atomic E-state index is 13.5. The SMILES string of the molecule is N=C(N)c1ccnc(Oc2ccc(Br)cc2F)n1. The van der Waals surface area contributed by atoms with Crippen molar-refractivity contribution in [1.29, 1.82) is 5.41 Å². The van der Waals surface area contributed by atoms with E-state index in [9.17, 15) is 4.39 Å². The quantitative estimate of drug-likeness (QED) is 0.673. The highest BCUT2D eigenvalue weighted by atomic mass is 79.9. The molecule has 0 aliphatic heterocycles. The monoisotopic (exact) mass is 310 g/mol. The van der Waals surface area contributed by atoms with Gasteiger partial charge < -0.3 is 10.5 Å². The lowest BCUT2D eigenvalue weighted by molar-refractivity contribution is 0.410. The molecule has 0 fully saturated rings. The Hall–Kier alpha value is -2.02. The molecule has 0 atom stereocenters. The highest BCUT2D eigenvalue weighted by Crippen LogP contribution is 2.24. The number of nitrogen functional groups attached to an aromatic ring is 1. The number of nitrogens with zero attached hydrogens (tertiary/aromatic N) is 2. The molecule has 0 aliphatic carbocycles. The van der Waals surface area contributed by atoms with E-state index in [1.807, 2.05) is 0 Å². The Morgan fingerprint density at radius 3 is 2.83 bits per heavy atom. The van der Waals surface area contributed by atoms with Crippen LogP contribution in [-0.4, -0.2) is 15.8 Å². The second-order valence-electron chi connectivity index (χ2n) is 3.31. The molecule has 0 saturated carbocycles. The number of benzene rings is 1. The predicted octanol–water partition coefficient (Wildman–Crippen LogP) is 2.45. The molecule has 2 aromatic rings. The van der Waals surface area contributed by atoms with E-state index in [2.05, 4.69) is 25.9 Å². The van der Waals surface area contributed by atoms with Crippen LogP contribution in [0.1, 0.15) is 5.69 Å². The molecule has 0 radical (unpaired) electrons. The maximum atomic E-state index is 13.5. The fourth-order valence-electron chi connectivity index (χ4n) is 1.20. The van der Waals surface area contributed by atoms with E-state index >= 15 is 0 Å². The number of hydrogen-bond donors (Lipinski definition) is 2. The predicted molar refractivity (Wildman–Crippen MR) is 67.2 cm³/mol. The number of nitrogens with two attached hydrogens (primary N) is 1. The second-order valence-corrected chi connectivity index (χ2v) is 4.23. The lowest BCUT2D eigenvalue weighted by Gasteiger charge is -2.05. The van der Waals surface area contributed by atoms with Crippen molar-refractivity contribution in [3.63, 3.8) is 0 Å². The molecular weight excluding hydrogens is 303 g/mol. The number of nitrogens with one attached hydrogen (secondary N) is 1. The molecule has 1 aromatic carbocycles. The zero-order chi connectivity index (χ0) is 13.1. The smallest absolute Gasteiger partial charge is 0.322 e. The Balaban J connectivity index is 2.28. The second kappa shape index (κ2) is 5.09. The van der Waals surface area contributed by atoms with Gasteiger partial charge in [0.05, 0.1) is 0 Å². The van der Waals surface area contributed by atoms with E-state index in [0.29, 0.717) is 4.47 Å². The molecule has 0 bridgehead atoms. The summed E-state index contributed by atoms with van der Waals surface area (Å²) in [5.41, 5.74) is 5.50. The molecule has 1 heterocycles. The molecule has 0 saturated heterocycles. The summed E-state index contributed by atoms with van der Waals surface area (Å²) in [5, 5.41) is 7.23. The largest absolute Gasteiger partial charge is 0.421 e. The molecular formula is C11H8BrFN4O. The van der Waals surface area contributed by atoms with Crippen molar-refractivity contribution in [3.8, 4) is 11.8 Å². The Bertz CT molecular complexity index is 605. The van der Waals surface area contributed by atoms with Crippen LogP contribution in [0.2, 0.25) is 0 Å². The van der Waals surface area contributed by atoms with E-state index in [0.717, 1.165) is 0 Å². The van der Waals surface area contributed by atoms with E-state index in [1.54, 1.807) is 6.07 Å². The van der Waals surface area contributed by atoms with Gasteiger partial charge in [-0.2, -0.15) is 4.98 Å². The first kappa shape index (κ1) is 12.4. The van der Waals surface area contributed by atoms with Gasteiger partial charge in [0.2, 0.25) is 0 Å². The summed E-state index contributed by atoms with van der Waals surface area (Å²) >= 11 is 3.14. The van der Waals surface area contributed by atoms with Crippen LogP contribution in [0.3, 0.4) is 0 Å². The van der Waals surface area contributed by atoms with Crippen LogP contribution in [0.15, 0.2) is 34.9 Å². The average Bonchev–Trinajstić information content (AvgIpc) is 2.33. The summed E-state index contributed by atoms with van der Waals surface area (Å²) in [6.45, 7) is 0. The third kappa shape index (κ3) is 2.80. The summed E-state index contributed by atoms with van der Waals surface area (Å²) in [7, 11) is 0. The van der Waals surface area contributed by atoms with Gasteiger partial charge in [-0.25, -0.2) is 9.37 Å². The third-order valence-electron chi connectivity index (χ3n) is 2.00. The number of rotatable bonds is 3. The average molecular weight is 311 g/mol. The topological polar surface area (TPSA) is 84.9 Å². The number of amidine groups is 1. The van der Waals surface area contributed by atoms with Crippen LogP contribution in [0.5, 0.6) is 11.8 Å². The molecule has 0 amide bonds. The zero-order valence-corrected chi connectivity index (χ0v) is 10.6. The van der Waals surface area contributed by atoms with Gasteiger partial charge in [0.1, 0.15) is 11.5 Å². The Kier molecular flexibility index (Phi) is 3.52. The first-order chi connectivity index (χ1) is 8.56. The summed E-state index contributed by atoms with van der Waals surface area (Å²) in [6.07, 6.45) is 1.38. The van der Waals surface area contributed by atoms with Crippen molar-refractivity contribution >= 4 is 21.8 Å². The van der Waals surface area contributed by atoms with Crippen LogP contribution >= 0.6 is 15.9 Å². The van der Waals surface area contributed by atoms with Gasteiger partial charge in [0.25, 0.3) is 0 Å². The van der Waals surface area contributed by atoms with E-state index in [-0.39, 0.29) is 23.3 Å². The van der Waals surface area contributed by atoms with Crippen LogP contribution in [-0.2, 0) is 0 Å². The number of aromatic nitrogens is 2. The van der Waals surface area contributed by atoms with Gasteiger partial charge in [-0.05, 0) is 24.3 Å². The molecule has 0 spiro atoms. The van der Waals surface area contributed by atoms with Gasteiger partial charge >= 0.3 is 6.01 Å². The Morgan fingerprint density at radius 2 is 2.17 bits per heavy atom. The van der Waals surface area contributed by atoms with Crippen LogP contribution in [0.4, 0.5) is 4.39 Å². The van der Waals surface area contributed by atoms with Gasteiger partial charge in [0.15, 0.2) is 11.6 Å². The molecule has 1 aromatic heterocycles. The van der Waals surface area contributed by atoms with Crippen molar-refractivity contribution in [2.24, 2.45) is 5.73 Å². The highest BCUT2D eigenvalue weighted by Gasteiger charge is 2.08. The Labute approximate surface area is 110 Å². The molecule has 3 N–H and O–H groups in total. The lowest BCUT2D eigenvalue weighted by Crippen LogP contribution is -2.13. The minimum atomic E-state index is -0.541. The minimum Gasteiger partial charge on any atom is -0.421 e. The molecule has 18 heavy (non-hydrogen) atoms. The number of hydrogen-bond acceptors (Lipinski definition) is 4. The standard InChI is InChI=1S/C11H8BrFN4O/c12-6-1-2-9(7(13)5-6)18-11-16-4-3-8(17-11)10(14)15/h1-5H,(H3,14,15). The number of ether oxygens (including phenoxy) is 1. The highest BCUT2D eigenvalue weighted by molar-refractivity contribution is 9.10. The van der Waals surface area contributed by atoms with Gasteiger partial charge in [-0.3, -0.25) is 5.41 Å². The van der Waals surface area contributed by atoms with Crippen molar-refractivity contribution in [1.82, 2.24) is 9.97 Å². The van der Waals surface area contributed by atoms with E-state index in [1.165, 1.54) is 24.4 Å². The first-order valence-electron chi connectivity index (χ1n) is 4.86. The minimum absolute atomic E-state index is 0.00102. The fourth-order valence-corrected chi connectivity index (χ4v) is 1.53. The van der Waals surface area contributed by atoms with E-state index in [4.69, 9.17) is 15.9 Å². The molecule has 0 unspecified atom stereocenters. The lowest BCUT2D eigenvalue weighted by atomic mass is 10.3. The molecule has 92 valence electrons. The Morgan fingerprint density at radius 1 is 1.39 bits per heavy atom.